The first kappa shape index (κ1) is 15.1. The quantitative estimate of drug-likeness (QED) is 0.721. The number of aliphatic hydroxyl groups is 1. The van der Waals surface area contributed by atoms with E-state index in [2.05, 4.69) is 29.0 Å². The van der Waals surface area contributed by atoms with Crippen molar-refractivity contribution in [1.29, 1.82) is 0 Å². The van der Waals surface area contributed by atoms with Crippen LogP contribution in [0.4, 0.5) is 0 Å². The number of pyridine rings is 1. The minimum absolute atomic E-state index is 0.310. The van der Waals surface area contributed by atoms with E-state index in [1.807, 2.05) is 31.6 Å². The Morgan fingerprint density at radius 2 is 2.00 bits per heavy atom. The number of rotatable bonds is 8. The van der Waals surface area contributed by atoms with Crippen LogP contribution in [-0.2, 0) is 6.42 Å². The number of hydrogen-bond donors (Lipinski definition) is 2. The van der Waals surface area contributed by atoms with Gasteiger partial charge in [0.1, 0.15) is 0 Å². The lowest BCUT2D eigenvalue weighted by Gasteiger charge is -2.21. The fraction of sp³-hybridized carbons (Fsp3) is 0.643. The summed E-state index contributed by atoms with van der Waals surface area (Å²) in [6.45, 7) is 6.46. The summed E-state index contributed by atoms with van der Waals surface area (Å²) < 4.78 is 0. The van der Waals surface area contributed by atoms with Crippen molar-refractivity contribution in [3.63, 3.8) is 0 Å². The van der Waals surface area contributed by atoms with Crippen molar-refractivity contribution in [1.82, 2.24) is 15.2 Å². The van der Waals surface area contributed by atoms with E-state index in [-0.39, 0.29) is 6.10 Å². The molecule has 0 spiro atoms. The molecule has 18 heavy (non-hydrogen) atoms. The molecule has 1 aromatic rings. The van der Waals surface area contributed by atoms with Gasteiger partial charge in [-0.3, -0.25) is 4.98 Å². The van der Waals surface area contributed by atoms with Crippen LogP contribution in [0.1, 0.15) is 19.4 Å². The van der Waals surface area contributed by atoms with Gasteiger partial charge in [-0.25, -0.2) is 0 Å². The smallest absolute Gasteiger partial charge is 0.0791 e. The highest BCUT2D eigenvalue weighted by molar-refractivity contribution is 5.09. The molecule has 0 aromatic carbocycles. The molecule has 0 aliphatic carbocycles. The Balaban J connectivity index is 2.19. The highest BCUT2D eigenvalue weighted by atomic mass is 16.3. The molecule has 1 rings (SSSR count). The molecule has 0 fully saturated rings. The molecule has 4 nitrogen and oxygen atoms in total. The number of nitrogens with zero attached hydrogens (tertiary/aromatic N) is 2. The van der Waals surface area contributed by atoms with Crippen molar-refractivity contribution in [2.45, 2.75) is 32.4 Å². The van der Waals surface area contributed by atoms with Crippen molar-refractivity contribution in [3.05, 3.63) is 30.1 Å². The molecule has 0 aliphatic heterocycles. The second-order valence-corrected chi connectivity index (χ2v) is 5.08. The van der Waals surface area contributed by atoms with Crippen LogP contribution in [0.15, 0.2) is 24.5 Å². The average Bonchev–Trinajstić information content (AvgIpc) is 2.35. The van der Waals surface area contributed by atoms with E-state index in [1.165, 1.54) is 5.56 Å². The minimum atomic E-state index is -0.310. The maximum atomic E-state index is 9.85. The predicted octanol–water partition coefficient (Wildman–Crippen LogP) is 0.915. The van der Waals surface area contributed by atoms with Gasteiger partial charge in [0, 0.05) is 38.1 Å². The highest BCUT2D eigenvalue weighted by Crippen LogP contribution is 1.99. The molecule has 0 saturated heterocycles. The summed E-state index contributed by atoms with van der Waals surface area (Å²) in [5.74, 6) is 0. The van der Waals surface area contributed by atoms with E-state index in [9.17, 15) is 5.11 Å². The summed E-state index contributed by atoms with van der Waals surface area (Å²) in [6.07, 6.45) is 4.31. The van der Waals surface area contributed by atoms with Crippen molar-refractivity contribution in [2.24, 2.45) is 0 Å². The van der Waals surface area contributed by atoms with Crippen LogP contribution in [0.2, 0.25) is 0 Å². The third-order valence-corrected chi connectivity index (χ3v) is 2.82. The predicted molar refractivity (Wildman–Crippen MR) is 74.6 cm³/mol. The van der Waals surface area contributed by atoms with E-state index in [0.717, 1.165) is 13.0 Å². The van der Waals surface area contributed by atoms with E-state index in [4.69, 9.17) is 0 Å². The first-order valence-corrected chi connectivity index (χ1v) is 6.57. The second kappa shape index (κ2) is 8.19. The van der Waals surface area contributed by atoms with E-state index in [0.29, 0.717) is 19.1 Å². The second-order valence-electron chi connectivity index (χ2n) is 5.08. The summed E-state index contributed by atoms with van der Waals surface area (Å²) in [5.41, 5.74) is 1.28. The maximum absolute atomic E-state index is 9.85. The third kappa shape index (κ3) is 6.69. The molecular weight excluding hydrogens is 226 g/mol. The van der Waals surface area contributed by atoms with Gasteiger partial charge in [0.25, 0.3) is 0 Å². The van der Waals surface area contributed by atoms with Crippen LogP contribution < -0.4 is 5.32 Å². The Labute approximate surface area is 110 Å². The Hall–Kier alpha value is -0.970. The molecule has 0 bridgehead atoms. The maximum Gasteiger partial charge on any atom is 0.0791 e. The fourth-order valence-corrected chi connectivity index (χ4v) is 1.76. The highest BCUT2D eigenvalue weighted by Gasteiger charge is 2.08. The summed E-state index contributed by atoms with van der Waals surface area (Å²) in [5, 5.41) is 13.1. The van der Waals surface area contributed by atoms with Gasteiger partial charge in [-0.2, -0.15) is 0 Å². The lowest BCUT2D eigenvalue weighted by molar-refractivity contribution is 0.122. The zero-order valence-corrected chi connectivity index (χ0v) is 11.6. The van der Waals surface area contributed by atoms with Crippen LogP contribution in [-0.4, -0.2) is 53.8 Å². The zero-order chi connectivity index (χ0) is 13.4. The summed E-state index contributed by atoms with van der Waals surface area (Å²) >= 11 is 0. The number of aromatic nitrogens is 1. The van der Waals surface area contributed by atoms with Gasteiger partial charge in [-0.1, -0.05) is 13.8 Å². The standard InChI is InChI=1S/C14H25N3O/c1-12(2)16-10-14(18)11-17(3)9-6-13-4-7-15-8-5-13/h4-5,7-8,12,14,16,18H,6,9-11H2,1-3H3. The number of aliphatic hydroxyl groups excluding tert-OH is 1. The first-order chi connectivity index (χ1) is 8.58. The Morgan fingerprint density at radius 1 is 1.33 bits per heavy atom. The van der Waals surface area contributed by atoms with Gasteiger partial charge in [-0.05, 0) is 31.2 Å². The first-order valence-electron chi connectivity index (χ1n) is 6.57. The lowest BCUT2D eigenvalue weighted by Crippen LogP contribution is -2.39. The van der Waals surface area contributed by atoms with Crippen molar-refractivity contribution in [3.8, 4) is 0 Å². The Kier molecular flexibility index (Phi) is 6.86. The molecule has 2 N–H and O–H groups in total. The molecule has 0 amide bonds. The monoisotopic (exact) mass is 251 g/mol. The van der Waals surface area contributed by atoms with Crippen molar-refractivity contribution in [2.75, 3.05) is 26.7 Å². The van der Waals surface area contributed by atoms with Crippen molar-refractivity contribution >= 4 is 0 Å². The van der Waals surface area contributed by atoms with Gasteiger partial charge in [-0.15, -0.1) is 0 Å². The van der Waals surface area contributed by atoms with Crippen LogP contribution in [0, 0.1) is 0 Å². The molecule has 4 heteroatoms. The van der Waals surface area contributed by atoms with E-state index < -0.39 is 0 Å². The summed E-state index contributed by atoms with van der Waals surface area (Å²) in [6, 6.07) is 4.48. The molecule has 0 aliphatic rings. The Bertz CT molecular complexity index is 316. The Morgan fingerprint density at radius 3 is 2.61 bits per heavy atom. The van der Waals surface area contributed by atoms with Crippen LogP contribution >= 0.6 is 0 Å². The van der Waals surface area contributed by atoms with Crippen LogP contribution in [0.25, 0.3) is 0 Å². The number of likely N-dealkylation sites (N-methyl/N-ethyl adjacent to an activating group) is 1. The van der Waals surface area contributed by atoms with Gasteiger partial charge in [0.05, 0.1) is 6.10 Å². The fourth-order valence-electron chi connectivity index (χ4n) is 1.76. The molecule has 1 heterocycles. The van der Waals surface area contributed by atoms with Crippen LogP contribution in [0.5, 0.6) is 0 Å². The molecule has 1 unspecified atom stereocenters. The summed E-state index contributed by atoms with van der Waals surface area (Å²) in [7, 11) is 2.04. The molecule has 0 radical (unpaired) electrons. The zero-order valence-electron chi connectivity index (χ0n) is 11.6. The van der Waals surface area contributed by atoms with Gasteiger partial charge in [0.2, 0.25) is 0 Å². The normalized spacial score (nSPS) is 13.2. The van der Waals surface area contributed by atoms with Crippen LogP contribution in [0.3, 0.4) is 0 Å². The van der Waals surface area contributed by atoms with Gasteiger partial charge >= 0.3 is 0 Å². The molecule has 102 valence electrons. The van der Waals surface area contributed by atoms with E-state index in [1.54, 1.807) is 0 Å². The van der Waals surface area contributed by atoms with Crippen molar-refractivity contribution < 1.29 is 5.11 Å². The minimum Gasteiger partial charge on any atom is -0.390 e. The van der Waals surface area contributed by atoms with Gasteiger partial charge < -0.3 is 15.3 Å². The molecule has 0 saturated carbocycles. The molecule has 1 aromatic heterocycles. The molecular formula is C14H25N3O. The average molecular weight is 251 g/mol. The largest absolute Gasteiger partial charge is 0.390 e. The number of hydrogen-bond acceptors (Lipinski definition) is 4. The lowest BCUT2D eigenvalue weighted by atomic mass is 10.2. The SMILES string of the molecule is CC(C)NCC(O)CN(C)CCc1ccncc1. The van der Waals surface area contributed by atoms with Gasteiger partial charge in [0.15, 0.2) is 0 Å². The topological polar surface area (TPSA) is 48.4 Å². The molecule has 1 atom stereocenters. The number of nitrogens with one attached hydrogen (secondary N) is 1. The third-order valence-electron chi connectivity index (χ3n) is 2.82. The summed E-state index contributed by atoms with van der Waals surface area (Å²) in [4.78, 5) is 6.16. The van der Waals surface area contributed by atoms with E-state index >= 15 is 0 Å².